The van der Waals surface area contributed by atoms with E-state index in [-0.39, 0.29) is 0 Å². The first-order valence-corrected chi connectivity index (χ1v) is 5.01. The molecule has 94 valence electrons. The van der Waals surface area contributed by atoms with Crippen molar-refractivity contribution in [2.45, 2.75) is 19.6 Å². The van der Waals surface area contributed by atoms with Gasteiger partial charge in [0, 0.05) is 18.9 Å². The quantitative estimate of drug-likeness (QED) is 0.829. The molecule has 2 N–H and O–H groups in total. The summed E-state index contributed by atoms with van der Waals surface area (Å²) in [7, 11) is 0. The van der Waals surface area contributed by atoms with Crippen LogP contribution >= 0.6 is 12.2 Å². The van der Waals surface area contributed by atoms with Crippen molar-refractivity contribution in [3.8, 4) is 0 Å². The van der Waals surface area contributed by atoms with Crippen LogP contribution in [0.3, 0.4) is 0 Å². The van der Waals surface area contributed by atoms with Gasteiger partial charge in [0.05, 0.1) is 4.99 Å². The van der Waals surface area contributed by atoms with Crippen LogP contribution in [-0.2, 0) is 6.54 Å². The van der Waals surface area contributed by atoms with E-state index in [1.165, 1.54) is 12.4 Å². The Kier molecular flexibility index (Phi) is 3.87. The topological polar surface area (TPSA) is 60.9 Å². The van der Waals surface area contributed by atoms with Crippen LogP contribution in [0.15, 0.2) is 17.2 Å². The van der Waals surface area contributed by atoms with Crippen molar-refractivity contribution in [3.05, 3.63) is 28.4 Å². The fraction of sp³-hybridized carbons (Fsp3) is 0.444. The van der Waals surface area contributed by atoms with Crippen molar-refractivity contribution in [1.82, 2.24) is 9.55 Å². The molecular weight excluding hydrogens is 255 g/mol. The molecule has 0 aliphatic rings. The first-order chi connectivity index (χ1) is 7.71. The van der Waals surface area contributed by atoms with Gasteiger partial charge >= 0.3 is 11.9 Å². The summed E-state index contributed by atoms with van der Waals surface area (Å²) in [5.74, 6) is -2.03. The Morgan fingerprint density at radius 2 is 2.24 bits per heavy atom. The molecule has 0 aromatic carbocycles. The van der Waals surface area contributed by atoms with E-state index < -0.39 is 29.3 Å². The minimum absolute atomic E-state index is 0.577. The van der Waals surface area contributed by atoms with Crippen LogP contribution in [0.4, 0.5) is 13.2 Å². The summed E-state index contributed by atoms with van der Waals surface area (Å²) in [5.41, 5.74) is 4.85. The van der Waals surface area contributed by atoms with E-state index in [2.05, 4.69) is 17.2 Å². The SMILES string of the molecule is Cc1cnc(=O)n(CC(C(N)=S)C(F)(F)F)c1. The van der Waals surface area contributed by atoms with Gasteiger partial charge in [0.1, 0.15) is 5.92 Å². The number of nitrogens with two attached hydrogens (primary N) is 1. The molecule has 1 aromatic rings. The number of aryl methyl sites for hydroxylation is 1. The average Bonchev–Trinajstić information content (AvgIpc) is 2.17. The van der Waals surface area contributed by atoms with Crippen LogP contribution in [0.2, 0.25) is 0 Å². The highest BCUT2D eigenvalue weighted by molar-refractivity contribution is 7.80. The molecule has 4 nitrogen and oxygen atoms in total. The number of alkyl halides is 3. The molecule has 0 amide bonds. The molecule has 1 atom stereocenters. The second-order valence-corrected chi connectivity index (χ2v) is 4.03. The molecule has 1 rings (SSSR count). The van der Waals surface area contributed by atoms with Gasteiger partial charge in [0.2, 0.25) is 0 Å². The molecule has 0 bridgehead atoms. The molecule has 0 saturated carbocycles. The minimum Gasteiger partial charge on any atom is -0.393 e. The third-order valence-electron chi connectivity index (χ3n) is 2.10. The molecule has 0 aliphatic heterocycles. The maximum atomic E-state index is 12.6. The maximum absolute atomic E-state index is 12.6. The molecule has 0 aliphatic carbocycles. The van der Waals surface area contributed by atoms with Crippen LogP contribution in [0.1, 0.15) is 5.56 Å². The van der Waals surface area contributed by atoms with E-state index in [1.807, 2.05) is 0 Å². The molecule has 0 spiro atoms. The molecule has 1 heterocycles. The van der Waals surface area contributed by atoms with Crippen LogP contribution in [0, 0.1) is 12.8 Å². The van der Waals surface area contributed by atoms with Gasteiger partial charge in [-0.2, -0.15) is 13.2 Å². The summed E-state index contributed by atoms with van der Waals surface area (Å²) in [6, 6.07) is 0. The predicted octanol–water partition coefficient (Wildman–Crippen LogP) is 1.02. The van der Waals surface area contributed by atoms with E-state index in [0.29, 0.717) is 5.56 Å². The molecule has 0 radical (unpaired) electrons. The third-order valence-corrected chi connectivity index (χ3v) is 2.39. The summed E-state index contributed by atoms with van der Waals surface area (Å²) in [4.78, 5) is 14.0. The first kappa shape index (κ1) is 13.6. The maximum Gasteiger partial charge on any atom is 0.399 e. The fourth-order valence-corrected chi connectivity index (χ4v) is 1.46. The fourth-order valence-electron chi connectivity index (χ4n) is 1.25. The lowest BCUT2D eigenvalue weighted by Crippen LogP contribution is -2.40. The highest BCUT2D eigenvalue weighted by atomic mass is 32.1. The largest absolute Gasteiger partial charge is 0.399 e. The van der Waals surface area contributed by atoms with Gasteiger partial charge in [-0.05, 0) is 12.5 Å². The number of thiocarbonyl (C=S) groups is 1. The van der Waals surface area contributed by atoms with Gasteiger partial charge in [-0.25, -0.2) is 9.78 Å². The van der Waals surface area contributed by atoms with E-state index in [4.69, 9.17) is 5.73 Å². The highest BCUT2D eigenvalue weighted by Crippen LogP contribution is 2.27. The average molecular weight is 265 g/mol. The Balaban J connectivity index is 3.06. The van der Waals surface area contributed by atoms with E-state index in [0.717, 1.165) is 4.57 Å². The Hall–Kier alpha value is -1.44. The summed E-state index contributed by atoms with van der Waals surface area (Å²) in [5, 5.41) is 0. The lowest BCUT2D eigenvalue weighted by molar-refractivity contribution is -0.158. The van der Waals surface area contributed by atoms with Crippen LogP contribution in [-0.4, -0.2) is 20.7 Å². The van der Waals surface area contributed by atoms with Crippen molar-refractivity contribution >= 4 is 17.2 Å². The smallest absolute Gasteiger partial charge is 0.393 e. The molecular formula is C9H10F3N3OS. The van der Waals surface area contributed by atoms with Gasteiger partial charge in [-0.15, -0.1) is 0 Å². The Bertz CT molecular complexity index is 483. The van der Waals surface area contributed by atoms with Crippen LogP contribution < -0.4 is 11.4 Å². The zero-order valence-electron chi connectivity index (χ0n) is 8.86. The monoisotopic (exact) mass is 265 g/mol. The van der Waals surface area contributed by atoms with Crippen molar-refractivity contribution in [2.24, 2.45) is 11.7 Å². The number of nitrogens with zero attached hydrogens (tertiary/aromatic N) is 2. The van der Waals surface area contributed by atoms with Crippen molar-refractivity contribution in [2.75, 3.05) is 0 Å². The molecule has 0 saturated heterocycles. The standard InChI is InChI=1S/C9H10F3N3OS/c1-5-2-14-8(16)15(3-5)4-6(7(13)17)9(10,11)12/h2-3,6H,4H2,1H3,(H2,13,17). The Morgan fingerprint density at radius 1 is 1.65 bits per heavy atom. The second kappa shape index (κ2) is 4.82. The molecule has 0 fully saturated rings. The Labute approximate surface area is 100 Å². The second-order valence-electron chi connectivity index (χ2n) is 3.56. The zero-order valence-corrected chi connectivity index (χ0v) is 9.68. The first-order valence-electron chi connectivity index (χ1n) is 4.61. The third kappa shape index (κ3) is 3.52. The number of halogens is 3. The molecule has 8 heteroatoms. The Morgan fingerprint density at radius 3 is 2.71 bits per heavy atom. The molecule has 17 heavy (non-hydrogen) atoms. The minimum atomic E-state index is -4.57. The van der Waals surface area contributed by atoms with Gasteiger partial charge in [-0.3, -0.25) is 4.57 Å². The van der Waals surface area contributed by atoms with Gasteiger partial charge < -0.3 is 5.73 Å². The highest BCUT2D eigenvalue weighted by Gasteiger charge is 2.42. The van der Waals surface area contributed by atoms with Crippen molar-refractivity contribution in [1.29, 1.82) is 0 Å². The van der Waals surface area contributed by atoms with Gasteiger partial charge in [0.15, 0.2) is 0 Å². The van der Waals surface area contributed by atoms with E-state index >= 15 is 0 Å². The summed E-state index contributed by atoms with van der Waals surface area (Å²) in [6.45, 7) is 0.971. The summed E-state index contributed by atoms with van der Waals surface area (Å²) < 4.78 is 38.6. The number of hydrogen-bond acceptors (Lipinski definition) is 3. The zero-order chi connectivity index (χ0) is 13.2. The summed E-state index contributed by atoms with van der Waals surface area (Å²) >= 11 is 4.36. The van der Waals surface area contributed by atoms with Gasteiger partial charge in [0.25, 0.3) is 0 Å². The van der Waals surface area contributed by atoms with E-state index in [9.17, 15) is 18.0 Å². The predicted molar refractivity (Wildman–Crippen MR) is 59.6 cm³/mol. The number of hydrogen-bond donors (Lipinski definition) is 1. The lowest BCUT2D eigenvalue weighted by Gasteiger charge is -2.19. The summed E-state index contributed by atoms with van der Waals surface area (Å²) in [6.07, 6.45) is -2.01. The molecule has 1 aromatic heterocycles. The van der Waals surface area contributed by atoms with Crippen molar-refractivity contribution < 1.29 is 13.2 Å². The normalized spacial score (nSPS) is 13.4. The number of rotatable bonds is 3. The van der Waals surface area contributed by atoms with Crippen molar-refractivity contribution in [3.63, 3.8) is 0 Å². The lowest BCUT2D eigenvalue weighted by atomic mass is 10.1. The molecule has 1 unspecified atom stereocenters. The number of aromatic nitrogens is 2. The van der Waals surface area contributed by atoms with Crippen LogP contribution in [0.25, 0.3) is 0 Å². The van der Waals surface area contributed by atoms with Gasteiger partial charge in [-0.1, -0.05) is 12.2 Å². The van der Waals surface area contributed by atoms with Crippen LogP contribution in [0.5, 0.6) is 0 Å². The van der Waals surface area contributed by atoms with E-state index in [1.54, 1.807) is 6.92 Å².